The van der Waals surface area contributed by atoms with Crippen molar-refractivity contribution >= 4 is 52.6 Å². The number of hydrazone groups is 1. The van der Waals surface area contributed by atoms with Crippen LogP contribution in [0.4, 0.5) is 11.4 Å². The molecule has 0 saturated carbocycles. The molecule has 0 radical (unpaired) electrons. The van der Waals surface area contributed by atoms with E-state index in [2.05, 4.69) is 26.1 Å². The first-order valence-corrected chi connectivity index (χ1v) is 7.82. The summed E-state index contributed by atoms with van der Waals surface area (Å²) in [7, 11) is 0. The lowest BCUT2D eigenvalue weighted by Crippen LogP contribution is -2.28. The van der Waals surface area contributed by atoms with Crippen molar-refractivity contribution in [3.8, 4) is 0 Å². The van der Waals surface area contributed by atoms with E-state index in [4.69, 9.17) is 23.2 Å². The zero-order chi connectivity index (χ0) is 17.8. The smallest absolute Gasteiger partial charge is 0.272 e. The fourth-order valence-electron chi connectivity index (χ4n) is 2.02. The molecule has 25 heavy (non-hydrogen) atoms. The highest BCUT2D eigenvalue weighted by molar-refractivity contribution is 6.42. The third-order valence-corrected chi connectivity index (χ3v) is 3.88. The van der Waals surface area contributed by atoms with Gasteiger partial charge in [-0.15, -0.1) is 0 Å². The van der Waals surface area contributed by atoms with Crippen molar-refractivity contribution < 1.29 is 9.59 Å². The average Bonchev–Trinajstić information content (AvgIpc) is 2.58. The fourth-order valence-corrected chi connectivity index (χ4v) is 2.35. The minimum Gasteiger partial charge on any atom is -0.349 e. The first-order valence-electron chi connectivity index (χ1n) is 7.06. The summed E-state index contributed by atoms with van der Waals surface area (Å²) in [6.07, 6.45) is 4.09. The average molecular weight is 376 g/mol. The van der Waals surface area contributed by atoms with Gasteiger partial charge in [0.25, 0.3) is 11.8 Å². The lowest BCUT2D eigenvalue weighted by Gasteiger charge is -2.21. The van der Waals surface area contributed by atoms with E-state index in [-0.39, 0.29) is 5.70 Å². The van der Waals surface area contributed by atoms with E-state index in [1.54, 1.807) is 30.5 Å². The lowest BCUT2D eigenvalue weighted by molar-refractivity contribution is -0.117. The number of amides is 2. The molecular weight excluding hydrogens is 365 g/mol. The van der Waals surface area contributed by atoms with Gasteiger partial charge in [0.15, 0.2) is 0 Å². The Kier molecular flexibility index (Phi) is 4.97. The number of nitrogens with one attached hydrogen (secondary N) is 3. The fraction of sp³-hybridized carbons (Fsp3) is 0. The highest BCUT2D eigenvalue weighted by Gasteiger charge is 2.21. The molecule has 3 N–H and O–H groups in total. The maximum Gasteiger partial charge on any atom is 0.272 e. The number of aromatic nitrogens is 1. The number of anilines is 2. The Bertz CT molecular complexity index is 897. The molecule has 1 aromatic heterocycles. The van der Waals surface area contributed by atoms with Crippen LogP contribution in [0.5, 0.6) is 0 Å². The van der Waals surface area contributed by atoms with Crippen molar-refractivity contribution in [1.29, 1.82) is 0 Å². The van der Waals surface area contributed by atoms with Gasteiger partial charge < -0.3 is 10.6 Å². The summed E-state index contributed by atoms with van der Waals surface area (Å²) in [4.78, 5) is 28.0. The zero-order valence-corrected chi connectivity index (χ0v) is 14.1. The van der Waals surface area contributed by atoms with Crippen LogP contribution in [0.2, 0.25) is 10.0 Å². The summed E-state index contributed by atoms with van der Waals surface area (Å²) in [6.45, 7) is 0. The van der Waals surface area contributed by atoms with Gasteiger partial charge >= 0.3 is 0 Å². The molecule has 0 bridgehead atoms. The van der Waals surface area contributed by atoms with Gasteiger partial charge in [0.2, 0.25) is 0 Å². The standard InChI is InChI=1S/C16H11Cl2N5O2/c17-10-5-12-13(6-11(10)18)22-16(25)14(21-12)7-15(24)23-20-8-9-3-1-2-4-19-9/h1-8,21H,(H,22,25)(H,23,24)/b14-7+,20-8+. The molecule has 0 unspecified atom stereocenters. The number of pyridine rings is 1. The van der Waals surface area contributed by atoms with Crippen LogP contribution < -0.4 is 16.1 Å². The van der Waals surface area contributed by atoms with Crippen molar-refractivity contribution in [2.75, 3.05) is 10.6 Å². The Morgan fingerprint density at radius 3 is 2.56 bits per heavy atom. The SMILES string of the molecule is O=C(/C=C1/Nc2cc(Cl)c(Cl)cc2NC1=O)N/N=C/c1ccccn1. The van der Waals surface area contributed by atoms with Gasteiger partial charge in [0, 0.05) is 12.3 Å². The van der Waals surface area contributed by atoms with Gasteiger partial charge in [-0.05, 0) is 24.3 Å². The number of benzene rings is 1. The van der Waals surface area contributed by atoms with Crippen LogP contribution in [0.15, 0.2) is 53.4 Å². The number of rotatable bonds is 3. The molecule has 126 valence electrons. The van der Waals surface area contributed by atoms with Crippen LogP contribution in [-0.2, 0) is 9.59 Å². The van der Waals surface area contributed by atoms with Crippen LogP contribution >= 0.6 is 23.2 Å². The summed E-state index contributed by atoms with van der Waals surface area (Å²) < 4.78 is 0. The van der Waals surface area contributed by atoms with Gasteiger partial charge in [-0.1, -0.05) is 29.3 Å². The van der Waals surface area contributed by atoms with Crippen LogP contribution in [0.1, 0.15) is 5.69 Å². The highest BCUT2D eigenvalue weighted by Crippen LogP contribution is 2.35. The normalized spacial score (nSPS) is 14.8. The van der Waals surface area contributed by atoms with E-state index in [1.165, 1.54) is 12.3 Å². The van der Waals surface area contributed by atoms with Crippen molar-refractivity contribution in [3.05, 3.63) is 64.0 Å². The van der Waals surface area contributed by atoms with E-state index >= 15 is 0 Å². The molecule has 1 aliphatic heterocycles. The van der Waals surface area contributed by atoms with Gasteiger partial charge in [-0.25, -0.2) is 5.43 Å². The molecule has 0 aliphatic carbocycles. The van der Waals surface area contributed by atoms with Crippen molar-refractivity contribution in [1.82, 2.24) is 10.4 Å². The van der Waals surface area contributed by atoms with Gasteiger partial charge in [-0.2, -0.15) is 5.10 Å². The maximum absolute atomic E-state index is 12.0. The molecule has 3 rings (SSSR count). The van der Waals surface area contributed by atoms with Crippen LogP contribution in [0, 0.1) is 0 Å². The summed E-state index contributed by atoms with van der Waals surface area (Å²) in [5, 5.41) is 9.87. The van der Waals surface area contributed by atoms with E-state index in [0.717, 1.165) is 6.08 Å². The molecule has 0 atom stereocenters. The molecule has 9 heteroatoms. The van der Waals surface area contributed by atoms with E-state index < -0.39 is 11.8 Å². The second-order valence-electron chi connectivity index (χ2n) is 4.94. The van der Waals surface area contributed by atoms with Crippen LogP contribution in [0.3, 0.4) is 0 Å². The number of carbonyl (C=O) groups excluding carboxylic acids is 2. The number of hydrogen-bond donors (Lipinski definition) is 3. The zero-order valence-electron chi connectivity index (χ0n) is 12.6. The van der Waals surface area contributed by atoms with Crippen molar-refractivity contribution in [3.63, 3.8) is 0 Å². The van der Waals surface area contributed by atoms with E-state index in [9.17, 15) is 9.59 Å². The number of fused-ring (bicyclic) bond motifs is 1. The lowest BCUT2D eigenvalue weighted by atomic mass is 10.2. The van der Waals surface area contributed by atoms with Gasteiger partial charge in [0.05, 0.1) is 33.3 Å². The largest absolute Gasteiger partial charge is 0.349 e. The molecule has 7 nitrogen and oxygen atoms in total. The topological polar surface area (TPSA) is 95.5 Å². The van der Waals surface area contributed by atoms with E-state index in [0.29, 0.717) is 27.1 Å². The van der Waals surface area contributed by atoms with Crippen LogP contribution in [-0.4, -0.2) is 23.0 Å². The number of carbonyl (C=O) groups is 2. The summed E-state index contributed by atoms with van der Waals surface area (Å²) in [5.74, 6) is -1.05. The number of hydrogen-bond acceptors (Lipinski definition) is 5. The quantitative estimate of drug-likeness (QED) is 0.436. The number of nitrogens with zero attached hydrogens (tertiary/aromatic N) is 2. The van der Waals surface area contributed by atoms with Crippen LogP contribution in [0.25, 0.3) is 0 Å². The summed E-state index contributed by atoms with van der Waals surface area (Å²) in [6, 6.07) is 8.38. The second kappa shape index (κ2) is 7.33. The molecule has 1 aromatic carbocycles. The molecule has 2 aromatic rings. The second-order valence-corrected chi connectivity index (χ2v) is 5.75. The Morgan fingerprint density at radius 1 is 1.16 bits per heavy atom. The van der Waals surface area contributed by atoms with Crippen molar-refractivity contribution in [2.45, 2.75) is 0 Å². The van der Waals surface area contributed by atoms with Gasteiger partial charge in [-0.3, -0.25) is 14.6 Å². The Balaban J connectivity index is 1.70. The minimum absolute atomic E-state index is 0.0522. The molecule has 1 aliphatic rings. The first-order chi connectivity index (χ1) is 12.0. The van der Waals surface area contributed by atoms with Crippen molar-refractivity contribution in [2.24, 2.45) is 5.10 Å². The van der Waals surface area contributed by atoms with Gasteiger partial charge in [0.1, 0.15) is 5.70 Å². The summed E-state index contributed by atoms with van der Waals surface area (Å²) >= 11 is 11.9. The first kappa shape index (κ1) is 16.9. The Labute approximate surface area is 152 Å². The molecule has 2 heterocycles. The predicted octanol–water partition coefficient (Wildman–Crippen LogP) is 2.79. The molecule has 0 saturated heterocycles. The summed E-state index contributed by atoms with van der Waals surface area (Å²) in [5.41, 5.74) is 3.94. The highest BCUT2D eigenvalue weighted by atomic mass is 35.5. The third-order valence-electron chi connectivity index (χ3n) is 3.16. The monoisotopic (exact) mass is 375 g/mol. The molecular formula is C16H11Cl2N5O2. The maximum atomic E-state index is 12.0. The van der Waals surface area contributed by atoms with E-state index in [1.807, 2.05) is 0 Å². The predicted molar refractivity (Wildman–Crippen MR) is 96.8 cm³/mol. The number of halogens is 2. The third kappa shape index (κ3) is 4.14. The molecule has 2 amide bonds. The Hall–Kier alpha value is -2.90. The minimum atomic E-state index is -0.576. The Morgan fingerprint density at radius 2 is 1.88 bits per heavy atom. The molecule has 0 fully saturated rings. The molecule has 0 spiro atoms.